The van der Waals surface area contributed by atoms with Crippen LogP contribution in [0, 0.1) is 23.7 Å². The molecule has 1 N–H and O–H groups in total. The highest BCUT2D eigenvalue weighted by Gasteiger charge is 2.70. The highest BCUT2D eigenvalue weighted by atomic mass is 16.6. The summed E-state index contributed by atoms with van der Waals surface area (Å²) < 4.78 is 18.0. The van der Waals surface area contributed by atoms with Crippen molar-refractivity contribution in [3.05, 3.63) is 71.3 Å². The monoisotopic (exact) mass is 517 g/mol. The lowest BCUT2D eigenvalue weighted by Gasteiger charge is -2.39. The van der Waals surface area contributed by atoms with Gasteiger partial charge in [-0.2, -0.15) is 0 Å². The minimum absolute atomic E-state index is 0.0286. The van der Waals surface area contributed by atoms with Gasteiger partial charge in [0.15, 0.2) is 0 Å². The molecule has 0 spiro atoms. The van der Waals surface area contributed by atoms with Crippen LogP contribution in [0.3, 0.4) is 0 Å². The summed E-state index contributed by atoms with van der Waals surface area (Å²) in [6.07, 6.45) is 0.771. The number of carbonyl (C=O) groups is 3. The van der Waals surface area contributed by atoms with Gasteiger partial charge in [0.05, 0.1) is 17.4 Å². The molecule has 0 amide bonds. The van der Waals surface area contributed by atoms with Crippen molar-refractivity contribution < 1.29 is 28.6 Å². The zero-order valence-electron chi connectivity index (χ0n) is 22.1. The fraction of sp³-hybridized carbons (Fsp3) is 0.516. The van der Waals surface area contributed by atoms with Gasteiger partial charge in [-0.1, -0.05) is 63.2 Å². The molecule has 0 radical (unpaired) electrons. The number of piperidine rings is 1. The molecule has 200 valence electrons. The number of hydrogen-bond donors (Lipinski definition) is 1. The van der Waals surface area contributed by atoms with Gasteiger partial charge < -0.3 is 19.5 Å². The van der Waals surface area contributed by atoms with E-state index < -0.39 is 35.6 Å². The van der Waals surface area contributed by atoms with Crippen molar-refractivity contribution in [2.75, 3.05) is 13.1 Å². The van der Waals surface area contributed by atoms with Crippen LogP contribution in [0.2, 0.25) is 0 Å². The number of rotatable bonds is 5. The summed E-state index contributed by atoms with van der Waals surface area (Å²) in [5.41, 5.74) is 1.76. The van der Waals surface area contributed by atoms with Crippen LogP contribution in [0.15, 0.2) is 54.6 Å². The molecule has 2 aliphatic heterocycles. The van der Waals surface area contributed by atoms with E-state index in [9.17, 15) is 14.4 Å². The van der Waals surface area contributed by atoms with Gasteiger partial charge in [-0.25, -0.2) is 4.79 Å². The van der Waals surface area contributed by atoms with Crippen molar-refractivity contribution in [2.45, 2.75) is 63.3 Å². The van der Waals surface area contributed by atoms with Crippen LogP contribution >= 0.6 is 0 Å². The summed E-state index contributed by atoms with van der Waals surface area (Å²) in [4.78, 5) is 39.9. The largest absolute Gasteiger partial charge is 0.458 e. The predicted octanol–water partition coefficient (Wildman–Crippen LogP) is 4.14. The summed E-state index contributed by atoms with van der Waals surface area (Å²) in [6.45, 7) is 7.82. The maximum atomic E-state index is 13.9. The molecule has 7 nitrogen and oxygen atoms in total. The molecule has 4 aliphatic rings. The molecule has 2 heterocycles. The van der Waals surface area contributed by atoms with Crippen molar-refractivity contribution in [3.8, 4) is 0 Å². The molecule has 7 heteroatoms. The standard InChI is InChI=1S/C31H35NO6/c1-30(2,3)19-11-9-18(10-12-19)27(33)36-25-22-17-21-23(28(34)37-26(21)25)24(22)29(35)38-31(13-15-32-16-14-31)20-7-5-4-6-8-20/h4-12,21-26,32H,13-17H2,1-3H3. The Labute approximate surface area is 223 Å². The van der Waals surface area contributed by atoms with E-state index >= 15 is 0 Å². The summed E-state index contributed by atoms with van der Waals surface area (Å²) in [6, 6.07) is 17.2. The first-order valence-corrected chi connectivity index (χ1v) is 13.7. The Morgan fingerprint density at radius 2 is 1.66 bits per heavy atom. The normalized spacial score (nSPS) is 31.1. The Bertz CT molecular complexity index is 1230. The van der Waals surface area contributed by atoms with Gasteiger partial charge in [-0.05, 0) is 48.2 Å². The number of benzene rings is 2. The van der Waals surface area contributed by atoms with Gasteiger partial charge in [-0.3, -0.25) is 9.59 Å². The van der Waals surface area contributed by atoms with Crippen LogP contribution < -0.4 is 5.32 Å². The van der Waals surface area contributed by atoms with Crippen molar-refractivity contribution in [1.29, 1.82) is 0 Å². The molecule has 2 aromatic carbocycles. The zero-order valence-corrected chi connectivity index (χ0v) is 22.1. The average Bonchev–Trinajstić information content (AvgIpc) is 3.53. The highest BCUT2D eigenvalue weighted by molar-refractivity contribution is 5.90. The molecule has 38 heavy (non-hydrogen) atoms. The zero-order chi connectivity index (χ0) is 26.7. The highest BCUT2D eigenvalue weighted by Crippen LogP contribution is 2.59. The maximum absolute atomic E-state index is 13.9. The molecule has 2 aliphatic carbocycles. The van der Waals surface area contributed by atoms with Crippen molar-refractivity contribution in [3.63, 3.8) is 0 Å². The quantitative estimate of drug-likeness (QED) is 0.471. The SMILES string of the molecule is CC(C)(C)c1ccc(C(=O)OC2C3CC4C2OC(=O)C4C3C(=O)OC2(c3ccccc3)CCNCC2)cc1. The third-order valence-electron chi connectivity index (χ3n) is 9.05. The van der Waals surface area contributed by atoms with Gasteiger partial charge >= 0.3 is 17.9 Å². The molecule has 4 fully saturated rings. The van der Waals surface area contributed by atoms with Gasteiger partial charge in [0.1, 0.15) is 17.8 Å². The van der Waals surface area contributed by atoms with Crippen molar-refractivity contribution >= 4 is 17.9 Å². The first kappa shape index (κ1) is 25.1. The Morgan fingerprint density at radius 3 is 2.32 bits per heavy atom. The summed E-state index contributed by atoms with van der Waals surface area (Å²) >= 11 is 0. The lowest BCUT2D eigenvalue weighted by molar-refractivity contribution is -0.175. The Hall–Kier alpha value is -3.19. The lowest BCUT2D eigenvalue weighted by atomic mass is 9.78. The minimum atomic E-state index is -0.742. The Morgan fingerprint density at radius 1 is 0.974 bits per heavy atom. The average molecular weight is 518 g/mol. The molecule has 0 aromatic heterocycles. The number of fused-ring (bicyclic) bond motifs is 1. The third-order valence-corrected chi connectivity index (χ3v) is 9.05. The first-order chi connectivity index (χ1) is 18.2. The van der Waals surface area contributed by atoms with Crippen LogP contribution in [0.4, 0.5) is 0 Å². The van der Waals surface area contributed by atoms with Crippen LogP contribution in [0.1, 0.15) is 61.5 Å². The number of nitrogens with one attached hydrogen (secondary N) is 1. The fourth-order valence-corrected chi connectivity index (χ4v) is 7.05. The van der Waals surface area contributed by atoms with Gasteiger partial charge in [0.25, 0.3) is 0 Å². The maximum Gasteiger partial charge on any atom is 0.338 e. The second-order valence-electron chi connectivity index (χ2n) is 12.2. The topological polar surface area (TPSA) is 90.9 Å². The van der Waals surface area contributed by atoms with E-state index in [4.69, 9.17) is 14.2 Å². The van der Waals surface area contributed by atoms with E-state index in [1.807, 2.05) is 42.5 Å². The molecule has 2 aromatic rings. The van der Waals surface area contributed by atoms with E-state index in [-0.39, 0.29) is 29.2 Å². The molecule has 2 saturated heterocycles. The van der Waals surface area contributed by atoms with Gasteiger partial charge in [0.2, 0.25) is 0 Å². The third kappa shape index (κ3) is 4.12. The van der Waals surface area contributed by atoms with Crippen LogP contribution in [0.25, 0.3) is 0 Å². The van der Waals surface area contributed by atoms with Crippen LogP contribution in [-0.2, 0) is 34.8 Å². The second-order valence-corrected chi connectivity index (χ2v) is 12.2. The predicted molar refractivity (Wildman–Crippen MR) is 139 cm³/mol. The second kappa shape index (κ2) is 9.23. The Kier molecular flexibility index (Phi) is 6.10. The number of ether oxygens (including phenoxy) is 3. The summed E-state index contributed by atoms with van der Waals surface area (Å²) in [7, 11) is 0. The number of esters is 3. The number of hydrogen-bond acceptors (Lipinski definition) is 7. The minimum Gasteiger partial charge on any atom is -0.458 e. The molecule has 2 saturated carbocycles. The summed E-state index contributed by atoms with van der Waals surface area (Å²) in [5, 5.41) is 3.35. The lowest BCUT2D eigenvalue weighted by Crippen LogP contribution is -2.48. The molecular formula is C31H35NO6. The van der Waals surface area contributed by atoms with E-state index in [0.29, 0.717) is 24.8 Å². The van der Waals surface area contributed by atoms with E-state index in [1.165, 1.54) is 0 Å². The molecule has 2 bridgehead atoms. The molecular weight excluding hydrogens is 482 g/mol. The Balaban J connectivity index is 1.23. The fourth-order valence-electron chi connectivity index (χ4n) is 7.05. The smallest absolute Gasteiger partial charge is 0.338 e. The van der Waals surface area contributed by atoms with Crippen LogP contribution in [0.5, 0.6) is 0 Å². The molecule has 6 atom stereocenters. The van der Waals surface area contributed by atoms with Crippen LogP contribution in [-0.4, -0.2) is 43.2 Å². The van der Waals surface area contributed by atoms with Gasteiger partial charge in [0, 0.05) is 24.7 Å². The number of carbonyl (C=O) groups excluding carboxylic acids is 3. The first-order valence-electron chi connectivity index (χ1n) is 13.7. The van der Waals surface area contributed by atoms with Gasteiger partial charge in [-0.15, -0.1) is 0 Å². The molecule has 6 rings (SSSR count). The van der Waals surface area contributed by atoms with E-state index in [0.717, 1.165) is 24.2 Å². The van der Waals surface area contributed by atoms with E-state index in [1.54, 1.807) is 12.1 Å². The van der Waals surface area contributed by atoms with E-state index in [2.05, 4.69) is 26.1 Å². The van der Waals surface area contributed by atoms with Crippen molar-refractivity contribution in [2.24, 2.45) is 23.7 Å². The van der Waals surface area contributed by atoms with Crippen molar-refractivity contribution in [1.82, 2.24) is 5.32 Å². The molecule has 6 unspecified atom stereocenters. The summed E-state index contributed by atoms with van der Waals surface area (Å²) in [5.74, 6) is -2.88.